The molecule has 1 aromatic carbocycles. The van der Waals surface area contributed by atoms with Gasteiger partial charge in [-0.25, -0.2) is 4.79 Å². The second-order valence-electron chi connectivity index (χ2n) is 4.48. The highest BCUT2D eigenvalue weighted by molar-refractivity contribution is 6.69. The van der Waals surface area contributed by atoms with E-state index < -0.39 is 7.05 Å². The molecule has 16 heavy (non-hydrogen) atoms. The van der Waals surface area contributed by atoms with Gasteiger partial charge in [-0.3, -0.25) is 0 Å². The number of hydrogen-bond acceptors (Lipinski definition) is 2. The molecule has 1 aliphatic heterocycles. The quantitative estimate of drug-likeness (QED) is 0.640. The summed E-state index contributed by atoms with van der Waals surface area (Å²) in [4.78, 5) is 11.3. The van der Waals surface area contributed by atoms with Crippen molar-refractivity contribution < 1.29 is 9.82 Å². The predicted octanol–water partition coefficient (Wildman–Crippen LogP) is 0.708. The Morgan fingerprint density at radius 1 is 1.44 bits per heavy atom. The molecule has 2 rings (SSSR count). The van der Waals surface area contributed by atoms with E-state index in [1.165, 1.54) is 0 Å². The van der Waals surface area contributed by atoms with Crippen LogP contribution in [0.3, 0.4) is 0 Å². The lowest BCUT2D eigenvalue weighted by atomic mass is 9.70. The van der Waals surface area contributed by atoms with Crippen LogP contribution in [-0.4, -0.2) is 18.1 Å². The minimum absolute atomic E-state index is 0.351. The van der Waals surface area contributed by atoms with Gasteiger partial charge in [-0.1, -0.05) is 32.0 Å². The fraction of sp³-hybridized carbons (Fsp3) is 0.364. The van der Waals surface area contributed by atoms with E-state index in [0.29, 0.717) is 5.92 Å². The monoisotopic (exact) mass is 218 g/mol. The molecular formula is C11H15BN2O2. The van der Waals surface area contributed by atoms with Crippen molar-refractivity contribution in [2.45, 2.75) is 20.3 Å². The van der Waals surface area contributed by atoms with E-state index in [-0.39, 0.29) is 6.03 Å². The first kappa shape index (κ1) is 11.0. The number of carbonyl (C=O) groups excluding carboxylic acids is 1. The van der Waals surface area contributed by atoms with Crippen molar-refractivity contribution in [3.8, 4) is 0 Å². The standard InChI is InChI=1S/C11H15BN2O2/c1-7(2)6-8-4-3-5-9-10(8)13-11(15)14-12(9)16/h3-5,7,16H,6H2,1-2H3,(H2,13,14,15). The summed E-state index contributed by atoms with van der Waals surface area (Å²) in [5.74, 6) is 0.510. The molecule has 1 heterocycles. The van der Waals surface area contributed by atoms with Gasteiger partial charge in [-0.05, 0) is 23.4 Å². The lowest BCUT2D eigenvalue weighted by Crippen LogP contribution is -2.55. The van der Waals surface area contributed by atoms with E-state index in [0.717, 1.165) is 23.1 Å². The number of amides is 2. The molecule has 0 saturated heterocycles. The molecule has 0 aromatic heterocycles. The van der Waals surface area contributed by atoms with Crippen LogP contribution in [0.4, 0.5) is 10.5 Å². The SMILES string of the molecule is CC(C)Cc1cccc2c1NC(=O)NB2O. The second-order valence-corrected chi connectivity index (χ2v) is 4.48. The molecule has 1 aromatic rings. The van der Waals surface area contributed by atoms with Crippen molar-refractivity contribution in [2.75, 3.05) is 5.32 Å². The van der Waals surface area contributed by atoms with Crippen molar-refractivity contribution in [3.05, 3.63) is 23.8 Å². The van der Waals surface area contributed by atoms with Crippen LogP contribution in [0.1, 0.15) is 19.4 Å². The normalized spacial score (nSPS) is 14.5. The van der Waals surface area contributed by atoms with Crippen LogP contribution in [-0.2, 0) is 6.42 Å². The maximum absolute atomic E-state index is 11.3. The first-order valence-electron chi connectivity index (χ1n) is 5.45. The number of para-hydroxylation sites is 1. The maximum atomic E-state index is 11.3. The maximum Gasteiger partial charge on any atom is 0.452 e. The van der Waals surface area contributed by atoms with E-state index in [1.807, 2.05) is 18.2 Å². The van der Waals surface area contributed by atoms with Gasteiger partial charge < -0.3 is 15.6 Å². The molecule has 84 valence electrons. The molecule has 0 bridgehead atoms. The Morgan fingerprint density at radius 3 is 2.88 bits per heavy atom. The molecule has 0 unspecified atom stereocenters. The highest BCUT2D eigenvalue weighted by Crippen LogP contribution is 2.19. The number of fused-ring (bicyclic) bond motifs is 1. The second kappa shape index (κ2) is 4.18. The number of carbonyl (C=O) groups is 1. The van der Waals surface area contributed by atoms with E-state index in [2.05, 4.69) is 24.4 Å². The number of nitrogens with one attached hydrogen (secondary N) is 2. The van der Waals surface area contributed by atoms with E-state index in [1.54, 1.807) is 0 Å². The Kier molecular flexibility index (Phi) is 2.87. The minimum atomic E-state index is -0.907. The summed E-state index contributed by atoms with van der Waals surface area (Å²) in [6.45, 7) is 4.25. The summed E-state index contributed by atoms with van der Waals surface area (Å²) in [6.07, 6.45) is 0.885. The average molecular weight is 218 g/mol. The zero-order valence-electron chi connectivity index (χ0n) is 9.45. The van der Waals surface area contributed by atoms with Crippen LogP contribution < -0.4 is 16.0 Å². The Balaban J connectivity index is 2.41. The Hall–Kier alpha value is -1.49. The molecule has 0 aliphatic carbocycles. The van der Waals surface area contributed by atoms with Crippen LogP contribution in [0.2, 0.25) is 0 Å². The summed E-state index contributed by atoms with van der Waals surface area (Å²) in [5, 5.41) is 14.9. The van der Waals surface area contributed by atoms with Crippen molar-refractivity contribution in [3.63, 3.8) is 0 Å². The molecule has 0 spiro atoms. The molecule has 3 N–H and O–H groups in total. The summed E-state index contributed by atoms with van der Waals surface area (Å²) < 4.78 is 0. The Morgan fingerprint density at radius 2 is 2.19 bits per heavy atom. The zero-order chi connectivity index (χ0) is 11.7. The molecule has 0 fully saturated rings. The first-order chi connectivity index (χ1) is 7.58. The lowest BCUT2D eigenvalue weighted by molar-refractivity contribution is 0.255. The van der Waals surface area contributed by atoms with Gasteiger partial charge in [0.05, 0.1) is 0 Å². The van der Waals surface area contributed by atoms with Gasteiger partial charge in [0.2, 0.25) is 0 Å². The van der Waals surface area contributed by atoms with Gasteiger partial charge in [0.1, 0.15) is 0 Å². The Labute approximate surface area is 95.2 Å². The number of rotatable bonds is 2. The third-order valence-corrected chi connectivity index (χ3v) is 2.61. The van der Waals surface area contributed by atoms with Crippen LogP contribution in [0, 0.1) is 5.92 Å². The lowest BCUT2D eigenvalue weighted by Gasteiger charge is -2.23. The fourth-order valence-electron chi connectivity index (χ4n) is 1.96. The third-order valence-electron chi connectivity index (χ3n) is 2.61. The van der Waals surface area contributed by atoms with Crippen molar-refractivity contribution >= 4 is 24.2 Å². The topological polar surface area (TPSA) is 61.4 Å². The van der Waals surface area contributed by atoms with Crippen LogP contribution in [0.15, 0.2) is 18.2 Å². The summed E-state index contributed by atoms with van der Waals surface area (Å²) in [6, 6.07) is 5.35. The van der Waals surface area contributed by atoms with Crippen molar-refractivity contribution in [1.82, 2.24) is 5.23 Å². The largest absolute Gasteiger partial charge is 0.452 e. The molecule has 2 amide bonds. The first-order valence-corrected chi connectivity index (χ1v) is 5.45. The highest BCUT2D eigenvalue weighted by Gasteiger charge is 2.28. The summed E-state index contributed by atoms with van der Waals surface area (Å²) >= 11 is 0. The van der Waals surface area contributed by atoms with Gasteiger partial charge in [0, 0.05) is 5.69 Å². The van der Waals surface area contributed by atoms with Gasteiger partial charge in [-0.15, -0.1) is 0 Å². The zero-order valence-corrected chi connectivity index (χ0v) is 9.45. The molecule has 4 nitrogen and oxygen atoms in total. The van der Waals surface area contributed by atoms with Gasteiger partial charge in [-0.2, -0.15) is 0 Å². The summed E-state index contributed by atoms with van der Waals surface area (Å²) in [5.41, 5.74) is 2.56. The van der Waals surface area contributed by atoms with Crippen LogP contribution in [0.5, 0.6) is 0 Å². The molecule has 0 atom stereocenters. The molecule has 0 radical (unpaired) electrons. The number of benzene rings is 1. The average Bonchev–Trinajstić information content (AvgIpc) is 2.18. The molecular weight excluding hydrogens is 203 g/mol. The van der Waals surface area contributed by atoms with Gasteiger partial charge >= 0.3 is 13.1 Å². The number of anilines is 1. The van der Waals surface area contributed by atoms with Gasteiger partial charge in [0.15, 0.2) is 0 Å². The predicted molar refractivity (Wildman–Crippen MR) is 64.7 cm³/mol. The third kappa shape index (κ3) is 2.04. The van der Waals surface area contributed by atoms with Crippen LogP contribution >= 0.6 is 0 Å². The summed E-state index contributed by atoms with van der Waals surface area (Å²) in [7, 11) is -0.907. The van der Waals surface area contributed by atoms with Crippen molar-refractivity contribution in [2.24, 2.45) is 5.92 Å². The highest BCUT2D eigenvalue weighted by atomic mass is 16.2. The minimum Gasteiger partial charge on any atom is -0.428 e. The van der Waals surface area contributed by atoms with E-state index >= 15 is 0 Å². The number of hydrogen-bond donors (Lipinski definition) is 3. The molecule has 1 aliphatic rings. The number of urea groups is 1. The molecule has 0 saturated carbocycles. The van der Waals surface area contributed by atoms with Gasteiger partial charge in [0.25, 0.3) is 0 Å². The fourth-order valence-corrected chi connectivity index (χ4v) is 1.96. The van der Waals surface area contributed by atoms with E-state index in [9.17, 15) is 9.82 Å². The molecule has 5 heteroatoms. The van der Waals surface area contributed by atoms with Crippen LogP contribution in [0.25, 0.3) is 0 Å². The Bertz CT molecular complexity index is 420. The smallest absolute Gasteiger partial charge is 0.428 e. The van der Waals surface area contributed by atoms with Crippen molar-refractivity contribution in [1.29, 1.82) is 0 Å². The van der Waals surface area contributed by atoms with E-state index in [4.69, 9.17) is 0 Å².